The number of ether oxygens (including phenoxy) is 1. The Balaban J connectivity index is 0.000000656. The lowest BCUT2D eigenvalue weighted by molar-refractivity contribution is -0.159. The maximum absolute atomic E-state index is 12.3. The molecule has 0 saturated heterocycles. The molecule has 1 atom stereocenters. The highest BCUT2D eigenvalue weighted by Gasteiger charge is 2.22. The first-order valence-electron chi connectivity index (χ1n) is 9.44. The molecule has 0 spiro atoms. The molecule has 0 saturated carbocycles. The van der Waals surface area contributed by atoms with E-state index in [2.05, 4.69) is 43.1 Å². The van der Waals surface area contributed by atoms with Gasteiger partial charge in [0.05, 0.1) is 6.61 Å². The Morgan fingerprint density at radius 1 is 1.07 bits per heavy atom. The molecule has 2 aromatic rings. The van der Waals surface area contributed by atoms with E-state index in [1.54, 1.807) is 16.2 Å². The average Bonchev–Trinajstić information content (AvgIpc) is 3.25. The van der Waals surface area contributed by atoms with Crippen LogP contribution in [0.15, 0.2) is 47.8 Å². The fraction of sp³-hybridized carbons (Fsp3) is 0.381. The van der Waals surface area contributed by atoms with Crippen molar-refractivity contribution < 1.29 is 29.3 Å². The first-order valence-corrected chi connectivity index (χ1v) is 10.3. The van der Waals surface area contributed by atoms with Gasteiger partial charge in [-0.3, -0.25) is 4.90 Å². The van der Waals surface area contributed by atoms with Crippen molar-refractivity contribution in [3.05, 3.63) is 53.4 Å². The highest BCUT2D eigenvalue weighted by Crippen LogP contribution is 2.23. The van der Waals surface area contributed by atoms with Crippen LogP contribution in [0, 0.1) is 0 Å². The van der Waals surface area contributed by atoms with Gasteiger partial charge in [-0.1, -0.05) is 30.3 Å². The number of likely N-dealkylation sites (N-methyl/N-ethyl adjacent to an activating group) is 1. The smallest absolute Gasteiger partial charge is 0.414 e. The van der Waals surface area contributed by atoms with E-state index in [0.29, 0.717) is 13.2 Å². The maximum Gasteiger partial charge on any atom is 0.414 e. The number of nitrogens with zero attached hydrogens (tertiary/aromatic N) is 2. The molecule has 0 radical (unpaired) electrons. The summed E-state index contributed by atoms with van der Waals surface area (Å²) in [5.74, 6) is -3.65. The van der Waals surface area contributed by atoms with Crippen molar-refractivity contribution in [3.8, 4) is 0 Å². The summed E-state index contributed by atoms with van der Waals surface area (Å²) >= 11 is 1.56. The second kappa shape index (κ2) is 13.3. The van der Waals surface area contributed by atoms with Gasteiger partial charge in [-0.15, -0.1) is 11.3 Å². The Bertz CT molecular complexity index is 770. The molecule has 9 heteroatoms. The van der Waals surface area contributed by atoms with E-state index < -0.39 is 11.9 Å². The topological polar surface area (TPSA) is 107 Å². The Kier molecular flexibility index (Phi) is 11.2. The van der Waals surface area contributed by atoms with Crippen molar-refractivity contribution in [3.63, 3.8) is 0 Å². The number of carboxylic acids is 2. The van der Waals surface area contributed by atoms with Gasteiger partial charge < -0.3 is 19.8 Å². The number of carbonyl (C=O) groups excluding carboxylic acids is 1. The second-order valence-electron chi connectivity index (χ2n) is 6.44. The summed E-state index contributed by atoms with van der Waals surface area (Å²) in [5, 5.41) is 17.7. The summed E-state index contributed by atoms with van der Waals surface area (Å²) in [6.45, 7) is 5.93. The van der Waals surface area contributed by atoms with Crippen molar-refractivity contribution >= 4 is 34.4 Å². The number of amides is 1. The minimum Gasteiger partial charge on any atom is -0.473 e. The van der Waals surface area contributed by atoms with E-state index in [9.17, 15) is 4.79 Å². The van der Waals surface area contributed by atoms with E-state index in [0.717, 1.165) is 18.0 Å². The number of aliphatic carboxylic acids is 2. The van der Waals surface area contributed by atoms with Crippen molar-refractivity contribution in [2.24, 2.45) is 0 Å². The third-order valence-corrected chi connectivity index (χ3v) is 5.13. The SMILES string of the molecule is CCOC(=O)N(CC(C)N(C)CCc1ccccc1)c1cccs1.O=C(O)C(=O)O. The Morgan fingerprint density at radius 3 is 2.20 bits per heavy atom. The third-order valence-electron chi connectivity index (χ3n) is 4.24. The number of thiophene rings is 1. The van der Waals surface area contributed by atoms with E-state index in [-0.39, 0.29) is 12.1 Å². The van der Waals surface area contributed by atoms with Crippen LogP contribution in [-0.2, 0) is 20.7 Å². The zero-order valence-electron chi connectivity index (χ0n) is 17.4. The fourth-order valence-electron chi connectivity index (χ4n) is 2.45. The van der Waals surface area contributed by atoms with Crippen LogP contribution >= 0.6 is 11.3 Å². The van der Waals surface area contributed by atoms with E-state index in [1.165, 1.54) is 5.56 Å². The molecule has 0 aliphatic heterocycles. The zero-order chi connectivity index (χ0) is 22.5. The number of anilines is 1. The molecular formula is C21H28N2O6S. The Hall–Kier alpha value is -2.91. The molecule has 0 bridgehead atoms. The van der Waals surface area contributed by atoms with E-state index in [1.807, 2.05) is 30.5 Å². The quantitative estimate of drug-likeness (QED) is 0.611. The standard InChI is InChI=1S/C19H26N2O2S.C2H2O4/c1-4-23-19(22)21(18-11-8-14-24-18)15-16(2)20(3)13-12-17-9-6-5-7-10-17;3-1(4)2(5)6/h5-11,14,16H,4,12-13,15H2,1-3H3;(H,3,4)(H,5,6). The highest BCUT2D eigenvalue weighted by molar-refractivity contribution is 7.14. The number of hydrogen-bond donors (Lipinski definition) is 2. The van der Waals surface area contributed by atoms with Gasteiger partial charge in [0.2, 0.25) is 0 Å². The summed E-state index contributed by atoms with van der Waals surface area (Å²) < 4.78 is 5.21. The van der Waals surface area contributed by atoms with Gasteiger partial charge in [0.1, 0.15) is 5.00 Å². The largest absolute Gasteiger partial charge is 0.473 e. The van der Waals surface area contributed by atoms with Crippen LogP contribution < -0.4 is 4.90 Å². The molecule has 0 fully saturated rings. The fourth-order valence-corrected chi connectivity index (χ4v) is 3.18. The number of hydrogen-bond acceptors (Lipinski definition) is 6. The molecule has 1 aromatic carbocycles. The predicted molar refractivity (Wildman–Crippen MR) is 116 cm³/mol. The van der Waals surface area contributed by atoms with Crippen LogP contribution in [0.4, 0.5) is 9.80 Å². The van der Waals surface area contributed by atoms with Crippen molar-refractivity contribution in [1.82, 2.24) is 4.90 Å². The van der Waals surface area contributed by atoms with Gasteiger partial charge in [-0.2, -0.15) is 0 Å². The molecule has 1 unspecified atom stereocenters. The number of carbonyl (C=O) groups is 3. The zero-order valence-corrected chi connectivity index (χ0v) is 18.2. The van der Waals surface area contributed by atoms with Crippen LogP contribution in [-0.4, -0.2) is 65.9 Å². The van der Waals surface area contributed by atoms with Gasteiger partial charge in [-0.25, -0.2) is 14.4 Å². The van der Waals surface area contributed by atoms with Gasteiger partial charge >= 0.3 is 18.0 Å². The minimum atomic E-state index is -1.82. The predicted octanol–water partition coefficient (Wildman–Crippen LogP) is 3.43. The molecule has 2 rings (SSSR count). The van der Waals surface area contributed by atoms with Gasteiger partial charge in [0, 0.05) is 19.1 Å². The van der Waals surface area contributed by atoms with Crippen LogP contribution in [0.5, 0.6) is 0 Å². The van der Waals surface area contributed by atoms with Gasteiger partial charge in [-0.05, 0) is 50.4 Å². The molecule has 0 aliphatic rings. The lowest BCUT2D eigenvalue weighted by Crippen LogP contribution is -2.43. The summed E-state index contributed by atoms with van der Waals surface area (Å²) in [7, 11) is 2.10. The molecule has 164 valence electrons. The lowest BCUT2D eigenvalue weighted by atomic mass is 10.1. The first-order chi connectivity index (χ1) is 14.3. The van der Waals surface area contributed by atoms with Crippen molar-refractivity contribution in [2.75, 3.05) is 31.6 Å². The first kappa shape index (κ1) is 25.1. The molecule has 1 heterocycles. The Morgan fingerprint density at radius 2 is 1.70 bits per heavy atom. The maximum atomic E-state index is 12.3. The lowest BCUT2D eigenvalue weighted by Gasteiger charge is -2.30. The molecule has 0 aliphatic carbocycles. The normalized spacial score (nSPS) is 11.2. The van der Waals surface area contributed by atoms with E-state index in [4.69, 9.17) is 24.5 Å². The number of rotatable bonds is 8. The Labute approximate surface area is 180 Å². The molecule has 1 aromatic heterocycles. The summed E-state index contributed by atoms with van der Waals surface area (Å²) in [4.78, 5) is 34.5. The second-order valence-corrected chi connectivity index (χ2v) is 7.36. The van der Waals surface area contributed by atoms with Gasteiger partial charge in [0.15, 0.2) is 0 Å². The molecule has 1 amide bonds. The van der Waals surface area contributed by atoms with Crippen molar-refractivity contribution in [2.45, 2.75) is 26.3 Å². The molecule has 2 N–H and O–H groups in total. The third kappa shape index (κ3) is 9.06. The average molecular weight is 437 g/mol. The van der Waals surface area contributed by atoms with Crippen LogP contribution in [0.3, 0.4) is 0 Å². The van der Waals surface area contributed by atoms with Crippen molar-refractivity contribution in [1.29, 1.82) is 0 Å². The molecular weight excluding hydrogens is 408 g/mol. The summed E-state index contributed by atoms with van der Waals surface area (Å²) in [6, 6.07) is 14.6. The highest BCUT2D eigenvalue weighted by atomic mass is 32.1. The number of benzene rings is 1. The van der Waals surface area contributed by atoms with Crippen LogP contribution in [0.25, 0.3) is 0 Å². The number of carboxylic acid groups (broad SMARTS) is 2. The van der Waals surface area contributed by atoms with Crippen LogP contribution in [0.2, 0.25) is 0 Å². The van der Waals surface area contributed by atoms with Crippen LogP contribution in [0.1, 0.15) is 19.4 Å². The minimum absolute atomic E-state index is 0.236. The van der Waals surface area contributed by atoms with E-state index >= 15 is 0 Å². The monoisotopic (exact) mass is 436 g/mol. The summed E-state index contributed by atoms with van der Waals surface area (Å²) in [6.07, 6.45) is 0.725. The molecule has 8 nitrogen and oxygen atoms in total. The molecule has 30 heavy (non-hydrogen) atoms. The summed E-state index contributed by atoms with van der Waals surface area (Å²) in [5.41, 5.74) is 1.33. The van der Waals surface area contributed by atoms with Gasteiger partial charge in [0.25, 0.3) is 0 Å².